The Bertz CT molecular complexity index is 1220. The van der Waals surface area contributed by atoms with Crippen molar-refractivity contribution in [2.75, 3.05) is 6.54 Å². The van der Waals surface area contributed by atoms with Gasteiger partial charge < -0.3 is 20.6 Å². The number of aryl methyl sites for hydroxylation is 1. The number of aromatic nitrogens is 2. The minimum absolute atomic E-state index is 0.172. The van der Waals surface area contributed by atoms with Crippen LogP contribution in [-0.2, 0) is 28.9 Å². The zero-order valence-electron chi connectivity index (χ0n) is 17.9. The monoisotopic (exact) mass is 416 g/mol. The number of aromatic amines is 2. The summed E-state index contributed by atoms with van der Waals surface area (Å²) < 4.78 is 0. The van der Waals surface area contributed by atoms with Crippen molar-refractivity contribution in [2.45, 2.75) is 39.2 Å². The van der Waals surface area contributed by atoms with Crippen molar-refractivity contribution in [3.8, 4) is 0 Å². The van der Waals surface area contributed by atoms with Crippen molar-refractivity contribution in [2.24, 2.45) is 0 Å². The second kappa shape index (κ2) is 9.08. The van der Waals surface area contributed by atoms with Crippen LogP contribution in [0.15, 0.2) is 54.9 Å². The van der Waals surface area contributed by atoms with E-state index in [4.69, 9.17) is 0 Å². The molecule has 31 heavy (non-hydrogen) atoms. The SMILES string of the molecule is CCc1cccc2c(CCNC(=O)C(Cc3c[nH]c4ccccc34)NC(C)=O)c[nH]c12. The molecule has 2 heterocycles. The first-order chi connectivity index (χ1) is 15.1. The lowest BCUT2D eigenvalue weighted by Gasteiger charge is -2.17. The normalized spacial score (nSPS) is 12.2. The van der Waals surface area contributed by atoms with E-state index in [-0.39, 0.29) is 11.8 Å². The summed E-state index contributed by atoms with van der Waals surface area (Å²) in [5.74, 6) is -0.390. The lowest BCUT2D eigenvalue weighted by atomic mass is 10.0. The van der Waals surface area contributed by atoms with E-state index in [0.29, 0.717) is 13.0 Å². The van der Waals surface area contributed by atoms with Gasteiger partial charge in [-0.05, 0) is 35.6 Å². The van der Waals surface area contributed by atoms with Gasteiger partial charge in [-0.1, -0.05) is 43.3 Å². The summed E-state index contributed by atoms with van der Waals surface area (Å²) in [5, 5.41) is 8.07. The zero-order chi connectivity index (χ0) is 21.8. The molecule has 6 nitrogen and oxygen atoms in total. The fraction of sp³-hybridized carbons (Fsp3) is 0.280. The van der Waals surface area contributed by atoms with Gasteiger partial charge in [-0.2, -0.15) is 0 Å². The van der Waals surface area contributed by atoms with Crippen molar-refractivity contribution in [1.29, 1.82) is 0 Å². The minimum Gasteiger partial charge on any atom is -0.361 e. The first-order valence-corrected chi connectivity index (χ1v) is 10.7. The van der Waals surface area contributed by atoms with Gasteiger partial charge in [-0.3, -0.25) is 9.59 Å². The van der Waals surface area contributed by atoms with Crippen molar-refractivity contribution in [3.63, 3.8) is 0 Å². The molecule has 0 aliphatic heterocycles. The second-order valence-electron chi connectivity index (χ2n) is 7.86. The third-order valence-electron chi connectivity index (χ3n) is 5.75. The highest BCUT2D eigenvalue weighted by Gasteiger charge is 2.21. The molecular weight excluding hydrogens is 388 g/mol. The Labute approximate surface area is 181 Å². The third kappa shape index (κ3) is 4.48. The molecule has 2 aromatic carbocycles. The van der Waals surface area contributed by atoms with Crippen LogP contribution < -0.4 is 10.6 Å². The molecule has 160 valence electrons. The molecule has 0 fully saturated rings. The minimum atomic E-state index is -0.619. The van der Waals surface area contributed by atoms with Crippen molar-refractivity contribution >= 4 is 33.6 Å². The van der Waals surface area contributed by atoms with E-state index in [0.717, 1.165) is 29.3 Å². The highest BCUT2D eigenvalue weighted by molar-refractivity contribution is 5.89. The molecule has 0 bridgehead atoms. The molecular formula is C25H28N4O2. The van der Waals surface area contributed by atoms with Crippen LogP contribution in [0, 0.1) is 0 Å². The highest BCUT2D eigenvalue weighted by Crippen LogP contribution is 2.22. The van der Waals surface area contributed by atoms with E-state index in [1.165, 1.54) is 29.0 Å². The zero-order valence-corrected chi connectivity index (χ0v) is 17.9. The number of nitrogens with one attached hydrogen (secondary N) is 4. The van der Waals surface area contributed by atoms with Gasteiger partial charge in [0.2, 0.25) is 11.8 Å². The average Bonchev–Trinajstić information content (AvgIpc) is 3.37. The van der Waals surface area contributed by atoms with E-state index in [1.54, 1.807) is 0 Å². The molecule has 6 heteroatoms. The number of hydrogen-bond donors (Lipinski definition) is 4. The van der Waals surface area contributed by atoms with E-state index in [2.05, 4.69) is 45.7 Å². The predicted molar refractivity (Wildman–Crippen MR) is 124 cm³/mol. The van der Waals surface area contributed by atoms with Gasteiger partial charge in [-0.15, -0.1) is 0 Å². The smallest absolute Gasteiger partial charge is 0.242 e. The molecule has 0 radical (unpaired) electrons. The molecule has 1 atom stereocenters. The van der Waals surface area contributed by atoms with Gasteiger partial charge in [0.25, 0.3) is 0 Å². The topological polar surface area (TPSA) is 89.8 Å². The quantitative estimate of drug-likeness (QED) is 0.353. The van der Waals surface area contributed by atoms with Crippen LogP contribution in [0.1, 0.15) is 30.5 Å². The molecule has 4 N–H and O–H groups in total. The number of H-pyrrole nitrogens is 2. The summed E-state index contributed by atoms with van der Waals surface area (Å²) in [6.07, 6.45) is 6.05. The van der Waals surface area contributed by atoms with Gasteiger partial charge in [0.15, 0.2) is 0 Å². The summed E-state index contributed by atoms with van der Waals surface area (Å²) in [7, 11) is 0. The summed E-state index contributed by atoms with van der Waals surface area (Å²) in [6.45, 7) is 4.09. The Morgan fingerprint density at radius 1 is 0.935 bits per heavy atom. The van der Waals surface area contributed by atoms with Gasteiger partial charge >= 0.3 is 0 Å². The lowest BCUT2D eigenvalue weighted by molar-refractivity contribution is -0.128. The summed E-state index contributed by atoms with van der Waals surface area (Å²) in [6, 6.07) is 13.7. The van der Waals surface area contributed by atoms with Crippen LogP contribution in [0.5, 0.6) is 0 Å². The van der Waals surface area contributed by atoms with E-state index >= 15 is 0 Å². The average molecular weight is 417 g/mol. The van der Waals surface area contributed by atoms with E-state index < -0.39 is 6.04 Å². The molecule has 0 saturated heterocycles. The number of rotatable bonds is 8. The molecule has 0 aliphatic rings. The standard InChI is InChI=1S/C25H28N4O2/c1-3-17-7-6-9-21-18(14-28-24(17)21)11-12-26-25(31)23(29-16(2)30)13-19-15-27-22-10-5-4-8-20(19)22/h4-10,14-15,23,27-28H,3,11-13H2,1-2H3,(H,26,31)(H,29,30). The maximum atomic E-state index is 12.9. The van der Waals surface area contributed by atoms with Crippen LogP contribution >= 0.6 is 0 Å². The first-order valence-electron chi connectivity index (χ1n) is 10.7. The fourth-order valence-electron chi connectivity index (χ4n) is 4.20. The van der Waals surface area contributed by atoms with Crippen LogP contribution in [0.2, 0.25) is 0 Å². The molecule has 1 unspecified atom stereocenters. The molecule has 0 spiro atoms. The van der Waals surface area contributed by atoms with Crippen LogP contribution in [0.25, 0.3) is 21.8 Å². The van der Waals surface area contributed by atoms with Crippen LogP contribution in [0.3, 0.4) is 0 Å². The number of fused-ring (bicyclic) bond motifs is 2. The van der Waals surface area contributed by atoms with Crippen LogP contribution in [-0.4, -0.2) is 34.4 Å². The Kier molecular flexibility index (Phi) is 6.07. The van der Waals surface area contributed by atoms with Gasteiger partial charge in [0.1, 0.15) is 6.04 Å². The molecule has 2 aromatic heterocycles. The maximum absolute atomic E-state index is 12.9. The van der Waals surface area contributed by atoms with E-state index in [1.807, 2.05) is 36.7 Å². The number of para-hydroxylation sites is 2. The predicted octanol–water partition coefficient (Wildman–Crippen LogP) is 3.62. The van der Waals surface area contributed by atoms with Crippen molar-refractivity contribution in [3.05, 3.63) is 71.5 Å². The summed E-state index contributed by atoms with van der Waals surface area (Å²) in [5.41, 5.74) is 5.66. The third-order valence-corrected chi connectivity index (χ3v) is 5.75. The number of amides is 2. The summed E-state index contributed by atoms with van der Waals surface area (Å²) >= 11 is 0. The lowest BCUT2D eigenvalue weighted by Crippen LogP contribution is -2.47. The first kappa shape index (κ1) is 20.7. The second-order valence-corrected chi connectivity index (χ2v) is 7.86. The highest BCUT2D eigenvalue weighted by atomic mass is 16.2. The molecule has 0 aliphatic carbocycles. The molecule has 4 rings (SSSR count). The van der Waals surface area contributed by atoms with E-state index in [9.17, 15) is 9.59 Å². The van der Waals surface area contributed by atoms with Crippen molar-refractivity contribution in [1.82, 2.24) is 20.6 Å². The fourth-order valence-corrected chi connectivity index (χ4v) is 4.20. The number of carbonyl (C=O) groups excluding carboxylic acids is 2. The maximum Gasteiger partial charge on any atom is 0.242 e. The van der Waals surface area contributed by atoms with Gasteiger partial charge in [0.05, 0.1) is 0 Å². The van der Waals surface area contributed by atoms with Gasteiger partial charge in [0, 0.05) is 54.1 Å². The van der Waals surface area contributed by atoms with Gasteiger partial charge in [-0.25, -0.2) is 0 Å². The Morgan fingerprint density at radius 3 is 2.52 bits per heavy atom. The number of hydrogen-bond acceptors (Lipinski definition) is 2. The van der Waals surface area contributed by atoms with Crippen molar-refractivity contribution < 1.29 is 9.59 Å². The number of carbonyl (C=O) groups is 2. The molecule has 4 aromatic rings. The Balaban J connectivity index is 1.43. The largest absolute Gasteiger partial charge is 0.361 e. The molecule has 2 amide bonds. The molecule has 0 saturated carbocycles. The van der Waals surface area contributed by atoms with Crippen LogP contribution in [0.4, 0.5) is 0 Å². The Morgan fingerprint density at radius 2 is 1.71 bits per heavy atom. The summed E-state index contributed by atoms with van der Waals surface area (Å²) in [4.78, 5) is 31.2. The number of benzene rings is 2. The Hall–Kier alpha value is -3.54.